The molecule has 2 unspecified atom stereocenters. The topological polar surface area (TPSA) is 33.1 Å². The molecule has 3 aromatic rings. The van der Waals surface area contributed by atoms with Crippen molar-refractivity contribution in [2.75, 3.05) is 0 Å². The van der Waals surface area contributed by atoms with Gasteiger partial charge in [0.1, 0.15) is 0 Å². The van der Waals surface area contributed by atoms with Gasteiger partial charge < -0.3 is 5.11 Å². The SMILES string of the molecule is CC(O)(c1ccc(Br)cc1)C(c1ccccc1)c1ccccn1. The monoisotopic (exact) mass is 367 g/mol. The van der Waals surface area contributed by atoms with Gasteiger partial charge in [-0.3, -0.25) is 4.98 Å². The van der Waals surface area contributed by atoms with Crippen LogP contribution in [0.4, 0.5) is 0 Å². The third-order valence-corrected chi connectivity index (χ3v) is 4.64. The summed E-state index contributed by atoms with van der Waals surface area (Å²) < 4.78 is 0.992. The molecule has 0 amide bonds. The Bertz CT molecular complexity index is 715. The highest BCUT2D eigenvalue weighted by atomic mass is 79.9. The molecule has 116 valence electrons. The zero-order chi connectivity index (χ0) is 16.3. The molecule has 23 heavy (non-hydrogen) atoms. The Balaban J connectivity index is 2.13. The molecule has 0 aliphatic heterocycles. The molecule has 1 aromatic heterocycles. The van der Waals surface area contributed by atoms with Gasteiger partial charge in [0.15, 0.2) is 0 Å². The third-order valence-electron chi connectivity index (χ3n) is 4.11. The van der Waals surface area contributed by atoms with Crippen molar-refractivity contribution in [3.63, 3.8) is 0 Å². The van der Waals surface area contributed by atoms with Crippen LogP contribution in [-0.4, -0.2) is 10.1 Å². The maximum absolute atomic E-state index is 11.4. The predicted octanol–water partition coefficient (Wildman–Crippen LogP) is 4.88. The summed E-state index contributed by atoms with van der Waals surface area (Å²) in [7, 11) is 0. The second-order valence-electron chi connectivity index (χ2n) is 5.75. The van der Waals surface area contributed by atoms with Gasteiger partial charge in [-0.2, -0.15) is 0 Å². The fraction of sp³-hybridized carbons (Fsp3) is 0.150. The molecule has 2 atom stereocenters. The number of rotatable bonds is 4. The summed E-state index contributed by atoms with van der Waals surface area (Å²) in [4.78, 5) is 4.50. The van der Waals surface area contributed by atoms with Gasteiger partial charge in [-0.25, -0.2) is 0 Å². The Morgan fingerprint density at radius 2 is 1.57 bits per heavy atom. The van der Waals surface area contributed by atoms with E-state index in [2.05, 4.69) is 20.9 Å². The van der Waals surface area contributed by atoms with Gasteiger partial charge in [-0.1, -0.05) is 64.5 Å². The number of aliphatic hydroxyl groups is 1. The first kappa shape index (κ1) is 15.9. The lowest BCUT2D eigenvalue weighted by Crippen LogP contribution is -2.31. The number of halogens is 1. The van der Waals surface area contributed by atoms with E-state index < -0.39 is 5.60 Å². The quantitative estimate of drug-likeness (QED) is 0.712. The molecule has 3 rings (SSSR count). The van der Waals surface area contributed by atoms with Gasteiger partial charge in [0.25, 0.3) is 0 Å². The van der Waals surface area contributed by atoms with Crippen molar-refractivity contribution in [1.29, 1.82) is 0 Å². The summed E-state index contributed by atoms with van der Waals surface area (Å²) >= 11 is 3.45. The molecule has 0 aliphatic carbocycles. The number of hydrogen-bond acceptors (Lipinski definition) is 2. The van der Waals surface area contributed by atoms with E-state index in [1.165, 1.54) is 0 Å². The number of hydrogen-bond donors (Lipinski definition) is 1. The van der Waals surface area contributed by atoms with Crippen LogP contribution in [-0.2, 0) is 5.60 Å². The van der Waals surface area contributed by atoms with Crippen LogP contribution in [0.15, 0.2) is 83.5 Å². The molecular weight excluding hydrogens is 350 g/mol. The Morgan fingerprint density at radius 1 is 0.913 bits per heavy atom. The molecule has 0 saturated carbocycles. The van der Waals surface area contributed by atoms with E-state index in [0.29, 0.717) is 0 Å². The summed E-state index contributed by atoms with van der Waals surface area (Å²) in [5.41, 5.74) is 1.68. The number of nitrogens with zero attached hydrogens (tertiary/aromatic N) is 1. The van der Waals surface area contributed by atoms with Gasteiger partial charge in [0.05, 0.1) is 17.2 Å². The van der Waals surface area contributed by atoms with Crippen molar-refractivity contribution >= 4 is 15.9 Å². The van der Waals surface area contributed by atoms with Crippen LogP contribution in [0.3, 0.4) is 0 Å². The lowest BCUT2D eigenvalue weighted by Gasteiger charge is -2.33. The van der Waals surface area contributed by atoms with Crippen molar-refractivity contribution in [2.45, 2.75) is 18.4 Å². The second kappa shape index (κ2) is 6.65. The zero-order valence-corrected chi connectivity index (χ0v) is 14.4. The molecule has 1 N–H and O–H groups in total. The molecule has 0 radical (unpaired) electrons. The van der Waals surface area contributed by atoms with Crippen LogP contribution in [0.2, 0.25) is 0 Å². The summed E-state index contributed by atoms with van der Waals surface area (Å²) in [6, 6.07) is 23.6. The Kier molecular flexibility index (Phi) is 4.60. The minimum atomic E-state index is -1.07. The van der Waals surface area contributed by atoms with Crippen LogP contribution >= 0.6 is 15.9 Å². The van der Waals surface area contributed by atoms with Gasteiger partial charge in [0.2, 0.25) is 0 Å². The smallest absolute Gasteiger partial charge is 0.0992 e. The van der Waals surface area contributed by atoms with Crippen LogP contribution in [0.25, 0.3) is 0 Å². The van der Waals surface area contributed by atoms with Gasteiger partial charge in [-0.15, -0.1) is 0 Å². The van der Waals surface area contributed by atoms with Crippen LogP contribution in [0.5, 0.6) is 0 Å². The lowest BCUT2D eigenvalue weighted by molar-refractivity contribution is 0.0380. The van der Waals surface area contributed by atoms with E-state index in [1.54, 1.807) is 6.20 Å². The largest absolute Gasteiger partial charge is 0.384 e. The highest BCUT2D eigenvalue weighted by Crippen LogP contribution is 2.40. The number of aromatic nitrogens is 1. The molecule has 0 bridgehead atoms. The van der Waals surface area contributed by atoms with E-state index in [4.69, 9.17) is 0 Å². The van der Waals surface area contributed by atoms with E-state index >= 15 is 0 Å². The highest BCUT2D eigenvalue weighted by molar-refractivity contribution is 9.10. The van der Waals surface area contributed by atoms with E-state index in [1.807, 2.05) is 79.7 Å². The normalized spacial score (nSPS) is 14.9. The molecule has 0 aliphatic rings. The van der Waals surface area contributed by atoms with Crippen molar-refractivity contribution in [1.82, 2.24) is 4.98 Å². The second-order valence-corrected chi connectivity index (χ2v) is 6.67. The fourth-order valence-corrected chi connectivity index (χ4v) is 3.19. The van der Waals surface area contributed by atoms with Gasteiger partial charge >= 0.3 is 0 Å². The van der Waals surface area contributed by atoms with Gasteiger partial charge in [-0.05, 0) is 42.3 Å². The number of benzene rings is 2. The standard InChI is InChI=1S/C20H18BrNO/c1-20(23,16-10-12-17(21)13-11-16)19(15-7-3-2-4-8-15)18-9-5-6-14-22-18/h2-14,19,23H,1H3. The maximum Gasteiger partial charge on any atom is 0.0992 e. The molecule has 0 spiro atoms. The first-order valence-corrected chi connectivity index (χ1v) is 8.32. The van der Waals surface area contributed by atoms with Crippen molar-refractivity contribution in [2.24, 2.45) is 0 Å². The summed E-state index contributed by atoms with van der Waals surface area (Å²) in [5, 5.41) is 11.4. The van der Waals surface area contributed by atoms with Crippen LogP contribution in [0.1, 0.15) is 29.7 Å². The minimum Gasteiger partial charge on any atom is -0.384 e. The average Bonchev–Trinajstić information content (AvgIpc) is 2.57. The molecular formula is C20H18BrNO. The summed E-state index contributed by atoms with van der Waals surface area (Å²) in [5.74, 6) is -0.244. The number of pyridine rings is 1. The van der Waals surface area contributed by atoms with Crippen molar-refractivity contribution in [3.8, 4) is 0 Å². The van der Waals surface area contributed by atoms with E-state index in [9.17, 15) is 5.11 Å². The van der Waals surface area contributed by atoms with Crippen molar-refractivity contribution in [3.05, 3.63) is 100 Å². The molecule has 1 heterocycles. The highest BCUT2D eigenvalue weighted by Gasteiger charge is 2.36. The molecule has 2 aromatic carbocycles. The fourth-order valence-electron chi connectivity index (χ4n) is 2.93. The molecule has 0 saturated heterocycles. The summed E-state index contributed by atoms with van der Waals surface area (Å²) in [6.07, 6.45) is 1.77. The Morgan fingerprint density at radius 3 is 2.17 bits per heavy atom. The van der Waals surface area contributed by atoms with Crippen LogP contribution < -0.4 is 0 Å². The Hall–Kier alpha value is -1.97. The zero-order valence-electron chi connectivity index (χ0n) is 12.9. The first-order valence-electron chi connectivity index (χ1n) is 7.53. The summed E-state index contributed by atoms with van der Waals surface area (Å²) in [6.45, 7) is 1.85. The Labute approximate surface area is 145 Å². The van der Waals surface area contributed by atoms with Crippen LogP contribution in [0, 0.1) is 0 Å². The third kappa shape index (κ3) is 3.36. The lowest BCUT2D eigenvalue weighted by atomic mass is 9.76. The molecule has 3 heteroatoms. The van der Waals surface area contributed by atoms with E-state index in [-0.39, 0.29) is 5.92 Å². The average molecular weight is 368 g/mol. The molecule has 2 nitrogen and oxygen atoms in total. The van der Waals surface area contributed by atoms with Gasteiger partial charge in [0, 0.05) is 10.7 Å². The van der Waals surface area contributed by atoms with E-state index in [0.717, 1.165) is 21.3 Å². The maximum atomic E-state index is 11.4. The van der Waals surface area contributed by atoms with Crippen molar-refractivity contribution < 1.29 is 5.11 Å². The first-order chi connectivity index (χ1) is 11.1. The molecule has 0 fully saturated rings. The predicted molar refractivity (Wildman–Crippen MR) is 96.2 cm³/mol. The minimum absolute atomic E-state index is 0.244.